The topological polar surface area (TPSA) is 98.2 Å². The van der Waals surface area contributed by atoms with Crippen molar-refractivity contribution >= 4 is 31.6 Å². The summed E-state index contributed by atoms with van der Waals surface area (Å²) in [6, 6.07) is 18.5. The van der Waals surface area contributed by atoms with E-state index in [1.807, 2.05) is 41.1 Å². The maximum Gasteiger partial charge on any atom is 0.240 e. The normalized spacial score (nSPS) is 15.9. The fraction of sp³-hybridized carbons (Fsp3) is 0.300. The van der Waals surface area contributed by atoms with Crippen molar-refractivity contribution in [2.24, 2.45) is 0 Å². The van der Waals surface area contributed by atoms with E-state index in [2.05, 4.69) is 41.5 Å². The van der Waals surface area contributed by atoms with E-state index in [0.717, 1.165) is 40.2 Å². The van der Waals surface area contributed by atoms with Crippen LogP contribution in [0.2, 0.25) is 0 Å². The minimum atomic E-state index is -3.74. The molecule has 1 saturated heterocycles. The van der Waals surface area contributed by atoms with Crippen LogP contribution < -0.4 is 23.8 Å². The number of hydrogen-bond donors (Lipinski definition) is 1. The second-order valence-electron chi connectivity index (χ2n) is 9.92. The molecule has 0 spiro atoms. The average molecular weight is 657 g/mol. The Hall–Kier alpha value is -3.58. The first-order chi connectivity index (χ1) is 20.3. The molecule has 1 aromatic heterocycles. The average Bonchev–Trinajstić information content (AvgIpc) is 3.55. The van der Waals surface area contributed by atoms with E-state index in [0.29, 0.717) is 24.6 Å². The lowest BCUT2D eigenvalue weighted by Gasteiger charge is -2.42. The van der Waals surface area contributed by atoms with Crippen molar-refractivity contribution in [3.05, 3.63) is 89.4 Å². The highest BCUT2D eigenvalue weighted by Crippen LogP contribution is 2.31. The Bertz CT molecular complexity index is 1600. The fourth-order valence-corrected chi connectivity index (χ4v) is 6.62. The number of nitrogens with zero attached hydrogens (tertiary/aromatic N) is 4. The molecule has 3 aromatic carbocycles. The molecule has 0 aliphatic carbocycles. The van der Waals surface area contributed by atoms with Crippen LogP contribution in [0.5, 0.6) is 17.2 Å². The summed E-state index contributed by atoms with van der Waals surface area (Å²) in [5.74, 6) is 2.08. The number of sulfonamides is 1. The molecule has 0 bridgehead atoms. The van der Waals surface area contributed by atoms with Crippen molar-refractivity contribution in [3.63, 3.8) is 0 Å². The number of ether oxygens (including phenoxy) is 3. The van der Waals surface area contributed by atoms with Gasteiger partial charge in [0.1, 0.15) is 5.75 Å². The molecule has 42 heavy (non-hydrogen) atoms. The van der Waals surface area contributed by atoms with E-state index in [9.17, 15) is 8.42 Å². The number of imidazole rings is 1. The molecule has 4 aromatic rings. The molecule has 1 aliphatic heterocycles. The van der Waals surface area contributed by atoms with Gasteiger partial charge in [0.05, 0.1) is 32.6 Å². The van der Waals surface area contributed by atoms with Crippen molar-refractivity contribution < 1.29 is 22.6 Å². The molecule has 222 valence electrons. The first kappa shape index (κ1) is 29.9. The van der Waals surface area contributed by atoms with Crippen LogP contribution in [0.4, 0.5) is 5.69 Å². The van der Waals surface area contributed by atoms with Crippen molar-refractivity contribution in [1.82, 2.24) is 19.2 Å². The van der Waals surface area contributed by atoms with Crippen molar-refractivity contribution in [2.45, 2.75) is 17.5 Å². The molecule has 0 radical (unpaired) electrons. The van der Waals surface area contributed by atoms with Crippen LogP contribution in [0.25, 0.3) is 5.69 Å². The van der Waals surface area contributed by atoms with Gasteiger partial charge < -0.3 is 23.7 Å². The van der Waals surface area contributed by atoms with Crippen LogP contribution in [-0.2, 0) is 16.6 Å². The van der Waals surface area contributed by atoms with E-state index in [4.69, 9.17) is 14.2 Å². The van der Waals surface area contributed by atoms with Crippen molar-refractivity contribution in [2.75, 3.05) is 52.4 Å². The third kappa shape index (κ3) is 6.89. The Balaban J connectivity index is 1.36. The molecular formula is C30H34BrN5O5S. The molecule has 2 heterocycles. The van der Waals surface area contributed by atoms with E-state index < -0.39 is 10.0 Å². The monoisotopic (exact) mass is 655 g/mol. The van der Waals surface area contributed by atoms with Gasteiger partial charge in [-0.2, -0.15) is 0 Å². The number of hydrogen-bond acceptors (Lipinski definition) is 8. The van der Waals surface area contributed by atoms with E-state index in [1.165, 1.54) is 0 Å². The third-order valence-corrected chi connectivity index (χ3v) is 9.25. The first-order valence-corrected chi connectivity index (χ1v) is 15.7. The second-order valence-corrected chi connectivity index (χ2v) is 12.6. The van der Waals surface area contributed by atoms with Gasteiger partial charge in [-0.3, -0.25) is 4.90 Å². The lowest BCUT2D eigenvalue weighted by molar-refractivity contribution is 0.169. The van der Waals surface area contributed by atoms with Gasteiger partial charge in [0.15, 0.2) is 11.5 Å². The summed E-state index contributed by atoms with van der Waals surface area (Å²) < 4.78 is 48.7. The van der Waals surface area contributed by atoms with Crippen molar-refractivity contribution in [1.29, 1.82) is 0 Å². The summed E-state index contributed by atoms with van der Waals surface area (Å²) in [6.45, 7) is 2.98. The van der Waals surface area contributed by atoms with Crippen LogP contribution in [0.1, 0.15) is 5.56 Å². The smallest absolute Gasteiger partial charge is 0.240 e. The molecule has 10 nitrogen and oxygen atoms in total. The van der Waals surface area contributed by atoms with Gasteiger partial charge in [-0.05, 0) is 54.1 Å². The zero-order chi connectivity index (χ0) is 29.7. The molecule has 12 heteroatoms. The molecule has 5 rings (SSSR count). The number of halogens is 1. The van der Waals surface area contributed by atoms with E-state index in [-0.39, 0.29) is 17.5 Å². The standard InChI is InChI=1S/C30H34BrN5O5S/c1-39-27-16-23(31)15-25(17-27)35-13-12-34(19-22-4-9-29(40-2)30(14-22)41-3)26(20-35)18-33-42(37,38)28-7-5-24(6-8-28)36-11-10-32-21-36/h4-11,14-17,21,26,33H,12-13,18-20H2,1-3H3. The molecular weight excluding hydrogens is 622 g/mol. The summed E-state index contributed by atoms with van der Waals surface area (Å²) in [5, 5.41) is 0. The van der Waals surface area contributed by atoms with Crippen LogP contribution in [-0.4, -0.2) is 76.4 Å². The van der Waals surface area contributed by atoms with Crippen LogP contribution >= 0.6 is 15.9 Å². The summed E-state index contributed by atoms with van der Waals surface area (Å²) >= 11 is 3.58. The van der Waals surface area contributed by atoms with Gasteiger partial charge in [-0.15, -0.1) is 0 Å². The Morgan fingerprint density at radius 3 is 2.40 bits per heavy atom. The Labute approximate surface area is 255 Å². The zero-order valence-electron chi connectivity index (χ0n) is 23.7. The molecule has 1 atom stereocenters. The maximum atomic E-state index is 13.4. The number of nitrogens with one attached hydrogen (secondary N) is 1. The van der Waals surface area contributed by atoms with Gasteiger partial charge in [-0.25, -0.2) is 18.1 Å². The first-order valence-electron chi connectivity index (χ1n) is 13.4. The predicted octanol–water partition coefficient (Wildman–Crippen LogP) is 4.33. The number of anilines is 1. The highest BCUT2D eigenvalue weighted by molar-refractivity contribution is 9.10. The number of benzene rings is 3. The number of aromatic nitrogens is 2. The number of piperazine rings is 1. The Morgan fingerprint density at radius 1 is 0.929 bits per heavy atom. The van der Waals surface area contributed by atoms with Gasteiger partial charge >= 0.3 is 0 Å². The molecule has 1 aliphatic rings. The highest BCUT2D eigenvalue weighted by Gasteiger charge is 2.29. The van der Waals surface area contributed by atoms with Gasteiger partial charge in [0, 0.05) is 73.1 Å². The van der Waals surface area contributed by atoms with Crippen molar-refractivity contribution in [3.8, 4) is 22.9 Å². The summed E-state index contributed by atoms with van der Waals surface area (Å²) in [4.78, 5) is 8.82. The van der Waals surface area contributed by atoms with Crippen LogP contribution in [0, 0.1) is 0 Å². The van der Waals surface area contributed by atoms with Crippen LogP contribution in [0.15, 0.2) is 88.8 Å². The Morgan fingerprint density at radius 2 is 1.71 bits per heavy atom. The largest absolute Gasteiger partial charge is 0.497 e. The zero-order valence-corrected chi connectivity index (χ0v) is 26.1. The lowest BCUT2D eigenvalue weighted by Crippen LogP contribution is -2.56. The summed E-state index contributed by atoms with van der Waals surface area (Å²) in [5.41, 5.74) is 2.89. The van der Waals surface area contributed by atoms with Gasteiger partial charge in [0.25, 0.3) is 0 Å². The summed E-state index contributed by atoms with van der Waals surface area (Å²) in [7, 11) is 1.13. The lowest BCUT2D eigenvalue weighted by atomic mass is 10.1. The molecule has 0 saturated carbocycles. The minimum absolute atomic E-state index is 0.114. The third-order valence-electron chi connectivity index (χ3n) is 7.35. The highest BCUT2D eigenvalue weighted by atomic mass is 79.9. The summed E-state index contributed by atoms with van der Waals surface area (Å²) in [6.07, 6.45) is 5.16. The quantitative estimate of drug-likeness (QED) is 0.255. The molecule has 1 N–H and O–H groups in total. The molecule has 1 unspecified atom stereocenters. The minimum Gasteiger partial charge on any atom is -0.497 e. The maximum absolute atomic E-state index is 13.4. The number of methoxy groups -OCH3 is 3. The van der Waals surface area contributed by atoms with Gasteiger partial charge in [0.2, 0.25) is 10.0 Å². The predicted molar refractivity (Wildman–Crippen MR) is 165 cm³/mol. The SMILES string of the molecule is COc1cc(Br)cc(N2CCN(Cc3ccc(OC)c(OC)c3)C(CNS(=O)(=O)c3ccc(-n4ccnc4)cc3)C2)c1. The van der Waals surface area contributed by atoms with Gasteiger partial charge in [-0.1, -0.05) is 22.0 Å². The molecule has 0 amide bonds. The van der Waals surface area contributed by atoms with E-state index >= 15 is 0 Å². The molecule has 1 fully saturated rings. The van der Waals surface area contributed by atoms with Crippen LogP contribution in [0.3, 0.4) is 0 Å². The van der Waals surface area contributed by atoms with E-state index in [1.54, 1.807) is 58.1 Å². The fourth-order valence-electron chi connectivity index (χ4n) is 5.09. The Kier molecular flexibility index (Phi) is 9.37. The second kappa shape index (κ2) is 13.2. The number of rotatable bonds is 11.